The maximum Gasteiger partial charge on any atom is 0.163 e. The maximum atomic E-state index is 13.7. The lowest BCUT2D eigenvalue weighted by Crippen LogP contribution is -2.01. The van der Waals surface area contributed by atoms with Crippen molar-refractivity contribution in [2.45, 2.75) is 13.8 Å². The van der Waals surface area contributed by atoms with Crippen molar-refractivity contribution >= 4 is 23.3 Å². The van der Waals surface area contributed by atoms with Gasteiger partial charge in [-0.3, -0.25) is 0 Å². The standard InChI is InChI=1S/C15H16F2N4S/c1-4-11(14(17)12(16)5-2)8-22-20-15-13-7-6-10(3)21(13)19-9-18-15/h4-7,9H,1,8H2,2-3H3,(H,18,19,20)/b12-5+,14-11-. The highest BCUT2D eigenvalue weighted by Gasteiger charge is 2.10. The smallest absolute Gasteiger partial charge is 0.163 e. The van der Waals surface area contributed by atoms with Crippen molar-refractivity contribution in [1.82, 2.24) is 14.6 Å². The van der Waals surface area contributed by atoms with Crippen molar-refractivity contribution < 1.29 is 8.78 Å². The van der Waals surface area contributed by atoms with Crippen LogP contribution in [0.5, 0.6) is 0 Å². The zero-order chi connectivity index (χ0) is 16.1. The van der Waals surface area contributed by atoms with E-state index in [2.05, 4.69) is 21.4 Å². The number of aryl methyl sites for hydroxylation is 1. The van der Waals surface area contributed by atoms with E-state index in [1.54, 1.807) is 4.52 Å². The van der Waals surface area contributed by atoms with E-state index in [0.29, 0.717) is 5.82 Å². The first-order valence-electron chi connectivity index (χ1n) is 6.59. The van der Waals surface area contributed by atoms with Gasteiger partial charge in [-0.25, -0.2) is 18.3 Å². The molecule has 0 fully saturated rings. The molecular formula is C15H16F2N4S. The van der Waals surface area contributed by atoms with Crippen LogP contribution in [-0.4, -0.2) is 20.4 Å². The number of nitrogens with one attached hydrogen (secondary N) is 1. The lowest BCUT2D eigenvalue weighted by Gasteiger charge is -2.07. The highest BCUT2D eigenvalue weighted by Crippen LogP contribution is 2.24. The van der Waals surface area contributed by atoms with Crippen molar-refractivity contribution in [1.29, 1.82) is 0 Å². The van der Waals surface area contributed by atoms with E-state index in [1.165, 1.54) is 31.3 Å². The fourth-order valence-corrected chi connectivity index (χ4v) is 2.58. The highest BCUT2D eigenvalue weighted by atomic mass is 32.2. The Hall–Kier alpha value is -2.15. The summed E-state index contributed by atoms with van der Waals surface area (Å²) in [6, 6.07) is 3.82. The number of hydrogen-bond acceptors (Lipinski definition) is 4. The van der Waals surface area contributed by atoms with Crippen molar-refractivity contribution in [3.8, 4) is 0 Å². The summed E-state index contributed by atoms with van der Waals surface area (Å²) >= 11 is 1.20. The van der Waals surface area contributed by atoms with Gasteiger partial charge in [0.2, 0.25) is 0 Å². The monoisotopic (exact) mass is 322 g/mol. The van der Waals surface area contributed by atoms with Crippen LogP contribution >= 0.6 is 11.9 Å². The van der Waals surface area contributed by atoms with Gasteiger partial charge in [0.1, 0.15) is 11.8 Å². The Balaban J connectivity index is 2.11. The van der Waals surface area contributed by atoms with E-state index in [9.17, 15) is 8.78 Å². The van der Waals surface area contributed by atoms with Crippen LogP contribution in [0.3, 0.4) is 0 Å². The molecule has 22 heavy (non-hydrogen) atoms. The molecule has 2 aromatic heterocycles. The third kappa shape index (κ3) is 3.36. The molecular weight excluding hydrogens is 306 g/mol. The third-order valence-corrected chi connectivity index (χ3v) is 3.82. The van der Waals surface area contributed by atoms with E-state index in [4.69, 9.17) is 0 Å². The van der Waals surface area contributed by atoms with Crippen molar-refractivity contribution in [3.63, 3.8) is 0 Å². The van der Waals surface area contributed by atoms with Crippen molar-refractivity contribution in [2.75, 3.05) is 10.5 Å². The molecule has 0 saturated carbocycles. The summed E-state index contributed by atoms with van der Waals surface area (Å²) in [6.07, 6.45) is 3.82. The van der Waals surface area contributed by atoms with Gasteiger partial charge >= 0.3 is 0 Å². The fourth-order valence-electron chi connectivity index (χ4n) is 1.82. The van der Waals surface area contributed by atoms with Crippen molar-refractivity contribution in [3.05, 3.63) is 60.1 Å². The predicted octanol–water partition coefficient (Wildman–Crippen LogP) is 4.38. The summed E-state index contributed by atoms with van der Waals surface area (Å²) in [6.45, 7) is 6.89. The first-order valence-corrected chi connectivity index (χ1v) is 7.57. The van der Waals surface area contributed by atoms with Gasteiger partial charge in [0.25, 0.3) is 0 Å². The van der Waals surface area contributed by atoms with E-state index < -0.39 is 11.7 Å². The second-order valence-electron chi connectivity index (χ2n) is 4.45. The van der Waals surface area contributed by atoms with E-state index in [-0.39, 0.29) is 11.3 Å². The molecule has 0 saturated heterocycles. The highest BCUT2D eigenvalue weighted by molar-refractivity contribution is 8.00. The third-order valence-electron chi connectivity index (χ3n) is 3.03. The van der Waals surface area contributed by atoms with Gasteiger partial charge in [-0.1, -0.05) is 12.7 Å². The van der Waals surface area contributed by atoms with E-state index >= 15 is 0 Å². The number of nitrogens with zero attached hydrogens (tertiary/aromatic N) is 3. The van der Waals surface area contributed by atoms with Crippen LogP contribution in [0, 0.1) is 6.92 Å². The number of aromatic nitrogens is 3. The second kappa shape index (κ2) is 7.22. The fraction of sp³-hybridized carbons (Fsp3) is 0.200. The number of halogens is 2. The molecule has 1 N–H and O–H groups in total. The molecule has 4 nitrogen and oxygen atoms in total. The van der Waals surface area contributed by atoms with Crippen LogP contribution in [-0.2, 0) is 0 Å². The van der Waals surface area contributed by atoms with Crippen LogP contribution < -0.4 is 4.72 Å². The molecule has 0 aliphatic rings. The van der Waals surface area contributed by atoms with E-state index in [0.717, 1.165) is 17.3 Å². The van der Waals surface area contributed by atoms with Gasteiger partial charge in [0.05, 0.1) is 0 Å². The molecule has 0 aliphatic heterocycles. The summed E-state index contributed by atoms with van der Waals surface area (Å²) in [5.74, 6) is -0.948. The van der Waals surface area contributed by atoms with Crippen LogP contribution in [0.4, 0.5) is 14.6 Å². The Labute approximate surface area is 131 Å². The minimum atomic E-state index is -0.891. The lowest BCUT2D eigenvalue weighted by molar-refractivity contribution is 0.539. The van der Waals surface area contributed by atoms with Gasteiger partial charge < -0.3 is 4.72 Å². The number of anilines is 1. The normalized spacial score (nSPS) is 13.2. The Morgan fingerprint density at radius 2 is 2.23 bits per heavy atom. The molecule has 2 rings (SSSR count). The van der Waals surface area contributed by atoms with Gasteiger partial charge in [0.15, 0.2) is 17.5 Å². The predicted molar refractivity (Wildman–Crippen MR) is 87.0 cm³/mol. The Bertz CT molecular complexity index is 749. The molecule has 0 aromatic carbocycles. The number of allylic oxidation sites excluding steroid dienone is 4. The molecule has 0 bridgehead atoms. The van der Waals surface area contributed by atoms with Gasteiger partial charge in [-0.15, -0.1) is 0 Å². The van der Waals surface area contributed by atoms with Crippen LogP contribution in [0.1, 0.15) is 12.6 Å². The van der Waals surface area contributed by atoms with Crippen LogP contribution in [0.25, 0.3) is 5.52 Å². The first-order chi connectivity index (χ1) is 10.6. The largest absolute Gasteiger partial charge is 0.312 e. The molecule has 0 spiro atoms. The number of fused-ring (bicyclic) bond motifs is 1. The van der Waals surface area contributed by atoms with E-state index in [1.807, 2.05) is 19.1 Å². The average Bonchev–Trinajstić information content (AvgIpc) is 2.92. The molecule has 0 radical (unpaired) electrons. The summed E-state index contributed by atoms with van der Waals surface area (Å²) in [5, 5.41) is 4.14. The topological polar surface area (TPSA) is 42.2 Å². The van der Waals surface area contributed by atoms with Crippen LogP contribution in [0.2, 0.25) is 0 Å². The summed E-state index contributed by atoms with van der Waals surface area (Å²) < 4.78 is 31.8. The zero-order valence-corrected chi connectivity index (χ0v) is 13.1. The molecule has 2 aromatic rings. The quantitative estimate of drug-likeness (QED) is 0.633. The molecule has 0 amide bonds. The minimum Gasteiger partial charge on any atom is -0.312 e. The van der Waals surface area contributed by atoms with Gasteiger partial charge in [-0.2, -0.15) is 5.10 Å². The van der Waals surface area contributed by atoms with Crippen LogP contribution in [0.15, 0.2) is 54.4 Å². The summed E-state index contributed by atoms with van der Waals surface area (Å²) in [7, 11) is 0. The SMILES string of the molecule is C=C/C(CSNc1ncnn2c(C)ccc12)=C(F)\C(F)=C/C. The molecule has 2 heterocycles. The van der Waals surface area contributed by atoms with Gasteiger partial charge in [0, 0.05) is 17.0 Å². The summed E-state index contributed by atoms with van der Waals surface area (Å²) in [5.41, 5.74) is 1.99. The molecule has 0 aliphatic carbocycles. The lowest BCUT2D eigenvalue weighted by atomic mass is 10.2. The number of rotatable bonds is 6. The summed E-state index contributed by atoms with van der Waals surface area (Å²) in [4.78, 5) is 4.15. The second-order valence-corrected chi connectivity index (χ2v) is 5.23. The Morgan fingerprint density at radius 1 is 1.45 bits per heavy atom. The maximum absolute atomic E-state index is 13.7. The Kier molecular flexibility index (Phi) is 5.32. The molecule has 7 heteroatoms. The molecule has 0 atom stereocenters. The number of hydrogen-bond donors (Lipinski definition) is 1. The Morgan fingerprint density at radius 3 is 2.91 bits per heavy atom. The molecule has 116 valence electrons. The zero-order valence-electron chi connectivity index (χ0n) is 12.3. The van der Waals surface area contributed by atoms with Gasteiger partial charge in [-0.05, 0) is 44.0 Å². The van der Waals surface area contributed by atoms with Crippen molar-refractivity contribution in [2.24, 2.45) is 0 Å². The average molecular weight is 322 g/mol. The first kappa shape index (κ1) is 16.2. The molecule has 0 unspecified atom stereocenters. The minimum absolute atomic E-state index is 0.185.